The van der Waals surface area contributed by atoms with Crippen molar-refractivity contribution >= 4 is 11.6 Å². The molecule has 0 nitrogen and oxygen atoms in total. The van der Waals surface area contributed by atoms with Crippen molar-refractivity contribution in [2.75, 3.05) is 0 Å². The maximum Gasteiger partial charge on any atom is 0.0402 e. The number of allylic oxidation sites excluding steroid dienone is 4. The van der Waals surface area contributed by atoms with Gasteiger partial charge in [-0.15, -0.1) is 0 Å². The Morgan fingerprint density at radius 1 is 1.42 bits per heavy atom. The van der Waals surface area contributed by atoms with E-state index in [1.165, 1.54) is 5.57 Å². The summed E-state index contributed by atoms with van der Waals surface area (Å²) < 4.78 is 0. The zero-order chi connectivity index (χ0) is 9.35. The summed E-state index contributed by atoms with van der Waals surface area (Å²) in [4.78, 5) is 0. The molecule has 0 unspecified atom stereocenters. The van der Waals surface area contributed by atoms with Crippen molar-refractivity contribution < 1.29 is 0 Å². The molecule has 0 N–H and O–H groups in total. The van der Waals surface area contributed by atoms with Crippen LogP contribution in [0.1, 0.15) is 34.1 Å². The first kappa shape index (κ1) is 9.85. The minimum absolute atomic E-state index is 0.250. The Hall–Kier alpha value is -0.230. The molecule has 0 saturated carbocycles. The lowest BCUT2D eigenvalue weighted by Crippen LogP contribution is -2.21. The van der Waals surface area contributed by atoms with Gasteiger partial charge in [0.2, 0.25) is 0 Å². The minimum Gasteiger partial charge on any atom is -0.0844 e. The maximum atomic E-state index is 6.15. The van der Waals surface area contributed by atoms with Crippen molar-refractivity contribution in [1.82, 2.24) is 0 Å². The summed E-state index contributed by atoms with van der Waals surface area (Å²) in [5.74, 6) is 0.553. The predicted octanol–water partition coefficient (Wildman–Crippen LogP) is 4.12. The van der Waals surface area contributed by atoms with E-state index in [1.54, 1.807) is 0 Å². The minimum atomic E-state index is 0.250. The van der Waals surface area contributed by atoms with E-state index in [2.05, 4.69) is 33.8 Å². The van der Waals surface area contributed by atoms with Crippen molar-refractivity contribution in [3.8, 4) is 0 Å². The van der Waals surface area contributed by atoms with Gasteiger partial charge in [-0.3, -0.25) is 0 Å². The lowest BCUT2D eigenvalue weighted by atomic mass is 9.73. The van der Waals surface area contributed by atoms with Gasteiger partial charge in [0.05, 0.1) is 0 Å². The first-order chi connectivity index (χ1) is 5.45. The lowest BCUT2D eigenvalue weighted by Gasteiger charge is -2.33. The van der Waals surface area contributed by atoms with Crippen molar-refractivity contribution in [1.29, 1.82) is 0 Å². The summed E-state index contributed by atoms with van der Waals surface area (Å²) in [6.45, 7) is 8.93. The Morgan fingerprint density at radius 2 is 2.00 bits per heavy atom. The molecule has 0 heterocycles. The monoisotopic (exact) mass is 184 g/mol. The van der Waals surface area contributed by atoms with E-state index in [-0.39, 0.29) is 5.41 Å². The highest BCUT2D eigenvalue weighted by Crippen LogP contribution is 2.41. The SMILES string of the molecule is CC(C)C1=C(Cl)C=CCC1(C)C. The Kier molecular flexibility index (Phi) is 2.67. The molecular weight excluding hydrogens is 168 g/mol. The molecule has 0 spiro atoms. The van der Waals surface area contributed by atoms with Crippen molar-refractivity contribution in [3.63, 3.8) is 0 Å². The molecule has 1 heteroatoms. The standard InChI is InChI=1S/C11H17Cl/c1-8(2)10-9(12)6-5-7-11(10,3)4/h5-6,8H,7H2,1-4H3. The van der Waals surface area contributed by atoms with Crippen LogP contribution in [0.5, 0.6) is 0 Å². The summed E-state index contributed by atoms with van der Waals surface area (Å²) in [6, 6.07) is 0. The fourth-order valence-corrected chi connectivity index (χ4v) is 2.60. The molecule has 0 bridgehead atoms. The van der Waals surface area contributed by atoms with Gasteiger partial charge in [-0.1, -0.05) is 45.4 Å². The second-order valence-corrected chi connectivity index (χ2v) is 4.81. The summed E-state index contributed by atoms with van der Waals surface area (Å²) in [6.07, 6.45) is 5.30. The second-order valence-electron chi connectivity index (χ2n) is 4.41. The van der Waals surface area contributed by atoms with Crippen molar-refractivity contribution in [2.45, 2.75) is 34.1 Å². The van der Waals surface area contributed by atoms with Gasteiger partial charge in [-0.2, -0.15) is 0 Å². The van der Waals surface area contributed by atoms with Crippen LogP contribution in [0.3, 0.4) is 0 Å². The fraction of sp³-hybridized carbons (Fsp3) is 0.636. The third-order valence-electron chi connectivity index (χ3n) is 2.46. The van der Waals surface area contributed by atoms with Gasteiger partial charge >= 0.3 is 0 Å². The van der Waals surface area contributed by atoms with E-state index in [1.807, 2.05) is 6.08 Å². The van der Waals surface area contributed by atoms with Crippen LogP contribution in [-0.4, -0.2) is 0 Å². The van der Waals surface area contributed by atoms with Gasteiger partial charge in [0.15, 0.2) is 0 Å². The highest BCUT2D eigenvalue weighted by atomic mass is 35.5. The van der Waals surface area contributed by atoms with Gasteiger partial charge in [0.1, 0.15) is 0 Å². The van der Waals surface area contributed by atoms with E-state index in [4.69, 9.17) is 11.6 Å². The molecular formula is C11H17Cl. The molecule has 1 aliphatic rings. The van der Waals surface area contributed by atoms with E-state index >= 15 is 0 Å². The number of hydrogen-bond donors (Lipinski definition) is 0. The fourth-order valence-electron chi connectivity index (χ4n) is 2.04. The van der Waals surface area contributed by atoms with Crippen LogP contribution in [0, 0.1) is 11.3 Å². The maximum absolute atomic E-state index is 6.15. The quantitative estimate of drug-likeness (QED) is 0.575. The number of halogens is 1. The third kappa shape index (κ3) is 1.74. The summed E-state index contributed by atoms with van der Waals surface area (Å²) >= 11 is 6.15. The highest BCUT2D eigenvalue weighted by Gasteiger charge is 2.28. The van der Waals surface area contributed by atoms with Crippen LogP contribution >= 0.6 is 11.6 Å². The van der Waals surface area contributed by atoms with E-state index in [0.717, 1.165) is 11.5 Å². The topological polar surface area (TPSA) is 0 Å². The van der Waals surface area contributed by atoms with E-state index in [9.17, 15) is 0 Å². The first-order valence-electron chi connectivity index (χ1n) is 4.52. The Bertz CT molecular complexity index is 231. The molecule has 0 atom stereocenters. The average molecular weight is 185 g/mol. The van der Waals surface area contributed by atoms with E-state index in [0.29, 0.717) is 5.92 Å². The second kappa shape index (κ2) is 3.26. The summed E-state index contributed by atoms with van der Waals surface area (Å²) in [7, 11) is 0. The molecule has 0 aliphatic heterocycles. The molecule has 0 aromatic heterocycles. The number of rotatable bonds is 1. The summed E-state index contributed by atoms with van der Waals surface area (Å²) in [5.41, 5.74) is 1.65. The van der Waals surface area contributed by atoms with Crippen LogP contribution < -0.4 is 0 Å². The van der Waals surface area contributed by atoms with E-state index < -0.39 is 0 Å². The van der Waals surface area contributed by atoms with Gasteiger partial charge in [-0.25, -0.2) is 0 Å². The summed E-state index contributed by atoms with van der Waals surface area (Å²) in [5, 5.41) is 0.946. The Balaban J connectivity index is 3.08. The van der Waals surface area contributed by atoms with Crippen molar-refractivity contribution in [3.05, 3.63) is 22.8 Å². The zero-order valence-electron chi connectivity index (χ0n) is 8.32. The smallest absolute Gasteiger partial charge is 0.0402 e. The lowest BCUT2D eigenvalue weighted by molar-refractivity contribution is 0.402. The normalized spacial score (nSPS) is 22.2. The first-order valence-corrected chi connectivity index (χ1v) is 4.89. The van der Waals surface area contributed by atoms with Gasteiger partial charge in [0, 0.05) is 5.03 Å². The molecule has 0 radical (unpaired) electrons. The Morgan fingerprint density at radius 3 is 2.33 bits per heavy atom. The molecule has 0 aromatic carbocycles. The largest absolute Gasteiger partial charge is 0.0844 e. The molecule has 1 rings (SSSR count). The van der Waals surface area contributed by atoms with Crippen LogP contribution in [-0.2, 0) is 0 Å². The molecule has 1 aliphatic carbocycles. The average Bonchev–Trinajstić information content (AvgIpc) is 1.82. The van der Waals surface area contributed by atoms with Crippen molar-refractivity contribution in [2.24, 2.45) is 11.3 Å². The zero-order valence-corrected chi connectivity index (χ0v) is 9.07. The molecule has 0 aromatic rings. The molecule has 0 saturated heterocycles. The van der Waals surface area contributed by atoms with Crippen LogP contribution in [0.2, 0.25) is 0 Å². The van der Waals surface area contributed by atoms with Crippen LogP contribution in [0.25, 0.3) is 0 Å². The van der Waals surface area contributed by atoms with Gasteiger partial charge in [0.25, 0.3) is 0 Å². The molecule has 0 fully saturated rings. The van der Waals surface area contributed by atoms with Gasteiger partial charge in [-0.05, 0) is 29.4 Å². The van der Waals surface area contributed by atoms with Crippen LogP contribution in [0.15, 0.2) is 22.8 Å². The molecule has 12 heavy (non-hydrogen) atoms. The van der Waals surface area contributed by atoms with Gasteiger partial charge < -0.3 is 0 Å². The number of hydrogen-bond acceptors (Lipinski definition) is 0. The van der Waals surface area contributed by atoms with Crippen LogP contribution in [0.4, 0.5) is 0 Å². The third-order valence-corrected chi connectivity index (χ3v) is 2.79. The highest BCUT2D eigenvalue weighted by molar-refractivity contribution is 6.31. The Labute approximate surface area is 80.3 Å². The predicted molar refractivity (Wildman–Crippen MR) is 55.3 cm³/mol. The molecule has 0 amide bonds. The molecule has 68 valence electrons.